The Labute approximate surface area is 256 Å². The van der Waals surface area contributed by atoms with Crippen LogP contribution in [0.25, 0.3) is 0 Å². The van der Waals surface area contributed by atoms with Crippen molar-refractivity contribution in [1.29, 1.82) is 0 Å². The number of aryl methyl sites for hydroxylation is 1. The molecule has 2 amide bonds. The van der Waals surface area contributed by atoms with Gasteiger partial charge in [-0.2, -0.15) is 0 Å². The summed E-state index contributed by atoms with van der Waals surface area (Å²) in [5.74, 6) is -0.191. The summed E-state index contributed by atoms with van der Waals surface area (Å²) in [5, 5.41) is 0.305. The Morgan fingerprint density at radius 3 is 2.37 bits per heavy atom. The number of hydrogen-bond donors (Lipinski definition) is 0. The lowest BCUT2D eigenvalue weighted by Crippen LogP contribution is -2.59. The Hall–Kier alpha value is -3.80. The van der Waals surface area contributed by atoms with Crippen molar-refractivity contribution in [2.75, 3.05) is 46.3 Å². The molecular formula is C31H34ClN3O7S. The van der Waals surface area contributed by atoms with Gasteiger partial charge >= 0.3 is 0 Å². The zero-order valence-electron chi connectivity index (χ0n) is 24.9. The zero-order valence-corrected chi connectivity index (χ0v) is 26.5. The topological polar surface area (TPSA) is 106 Å². The number of halogens is 1. The predicted octanol–water partition coefficient (Wildman–Crippen LogP) is 4.21. The number of carbonyl (C=O) groups excluding carboxylic acids is 2. The van der Waals surface area contributed by atoms with E-state index in [4.69, 9.17) is 25.8 Å². The first-order chi connectivity index (χ1) is 20.4. The van der Waals surface area contributed by atoms with Gasteiger partial charge in [-0.05, 0) is 61.7 Å². The lowest BCUT2D eigenvalue weighted by atomic mass is 9.78. The number of methoxy groups -OCH3 is 3. The Morgan fingerprint density at radius 1 is 1.00 bits per heavy atom. The molecule has 12 heteroatoms. The molecule has 228 valence electrons. The van der Waals surface area contributed by atoms with Gasteiger partial charge in [0.25, 0.3) is 15.9 Å². The maximum atomic E-state index is 15.3. The van der Waals surface area contributed by atoms with Crippen LogP contribution in [0.4, 0.5) is 5.69 Å². The average Bonchev–Trinajstić information content (AvgIpc) is 3.57. The van der Waals surface area contributed by atoms with Gasteiger partial charge in [0.1, 0.15) is 22.1 Å². The van der Waals surface area contributed by atoms with E-state index in [0.717, 1.165) is 4.31 Å². The molecule has 2 heterocycles. The van der Waals surface area contributed by atoms with Crippen LogP contribution >= 0.6 is 11.6 Å². The quantitative estimate of drug-likeness (QED) is 0.366. The number of ether oxygens (including phenoxy) is 3. The van der Waals surface area contributed by atoms with Crippen molar-refractivity contribution in [3.63, 3.8) is 0 Å². The van der Waals surface area contributed by atoms with Crippen LogP contribution in [0.1, 0.15) is 29.5 Å². The van der Waals surface area contributed by atoms with Gasteiger partial charge in [-0.25, -0.2) is 12.7 Å². The third kappa shape index (κ3) is 4.61. The fraction of sp³-hybridized carbons (Fsp3) is 0.355. The lowest BCUT2D eigenvalue weighted by Gasteiger charge is -2.42. The smallest absolute Gasteiger partial charge is 0.274 e. The molecule has 0 N–H and O–H groups in total. The van der Waals surface area contributed by atoms with Crippen LogP contribution in [0.2, 0.25) is 5.02 Å². The summed E-state index contributed by atoms with van der Waals surface area (Å²) < 4.78 is 46.5. The first-order valence-electron chi connectivity index (χ1n) is 13.7. The highest BCUT2D eigenvalue weighted by Crippen LogP contribution is 2.56. The Bertz CT molecular complexity index is 1710. The van der Waals surface area contributed by atoms with Crippen LogP contribution in [0.15, 0.2) is 59.5 Å². The number of sulfonamides is 1. The van der Waals surface area contributed by atoms with Crippen molar-refractivity contribution < 1.29 is 32.2 Å². The van der Waals surface area contributed by atoms with Crippen LogP contribution in [0.3, 0.4) is 0 Å². The monoisotopic (exact) mass is 627 g/mol. The molecule has 0 aromatic heterocycles. The minimum absolute atomic E-state index is 0.00969. The van der Waals surface area contributed by atoms with E-state index < -0.39 is 27.5 Å². The average molecular weight is 628 g/mol. The van der Waals surface area contributed by atoms with Crippen molar-refractivity contribution in [2.24, 2.45) is 0 Å². The normalized spacial score (nSPS) is 20.2. The Morgan fingerprint density at radius 2 is 1.72 bits per heavy atom. The van der Waals surface area contributed by atoms with E-state index in [9.17, 15) is 13.2 Å². The SMILES string of the molecule is COc1ccc(S(=O)(=O)N2C(=O)C(c3c(C)cccc3OC)(N3CCCC3C(=O)N(C)C)c3cc(Cl)ccc32)c(OC)c1. The third-order valence-electron chi connectivity index (χ3n) is 8.18. The summed E-state index contributed by atoms with van der Waals surface area (Å²) in [6.45, 7) is 2.18. The van der Waals surface area contributed by atoms with Crippen molar-refractivity contribution in [2.45, 2.75) is 36.2 Å². The highest BCUT2D eigenvalue weighted by atomic mass is 35.5. The van der Waals surface area contributed by atoms with E-state index in [1.54, 1.807) is 38.4 Å². The number of likely N-dealkylation sites (N-methyl/N-ethyl adjacent to an activating group) is 1. The molecule has 5 rings (SSSR count). The second-order valence-corrected chi connectivity index (χ2v) is 12.9. The van der Waals surface area contributed by atoms with Crippen molar-refractivity contribution >= 4 is 39.1 Å². The summed E-state index contributed by atoms with van der Waals surface area (Å²) in [7, 11) is 3.04. The molecule has 1 saturated heterocycles. The number of amides is 2. The molecule has 0 aliphatic carbocycles. The molecule has 0 saturated carbocycles. The number of anilines is 1. The lowest BCUT2D eigenvalue weighted by molar-refractivity contribution is -0.138. The first kappa shape index (κ1) is 30.7. The summed E-state index contributed by atoms with van der Waals surface area (Å²) in [4.78, 5) is 32.0. The largest absolute Gasteiger partial charge is 0.497 e. The van der Waals surface area contributed by atoms with E-state index in [2.05, 4.69) is 0 Å². The number of benzene rings is 3. The molecule has 0 spiro atoms. The molecule has 2 aliphatic heterocycles. The van der Waals surface area contributed by atoms with E-state index in [1.165, 1.54) is 50.5 Å². The van der Waals surface area contributed by atoms with E-state index in [1.807, 2.05) is 17.9 Å². The minimum Gasteiger partial charge on any atom is -0.497 e. The molecule has 2 aliphatic rings. The summed E-state index contributed by atoms with van der Waals surface area (Å²) in [6, 6.07) is 13.6. The third-order valence-corrected chi connectivity index (χ3v) is 10.1. The second kappa shape index (κ2) is 11.4. The number of hydrogen-bond acceptors (Lipinski definition) is 8. The van der Waals surface area contributed by atoms with Crippen LogP contribution in [0.5, 0.6) is 17.2 Å². The number of likely N-dealkylation sites (tertiary alicyclic amines) is 1. The predicted molar refractivity (Wildman–Crippen MR) is 163 cm³/mol. The molecule has 1 fully saturated rings. The van der Waals surface area contributed by atoms with E-state index in [0.29, 0.717) is 52.6 Å². The molecule has 0 bridgehead atoms. The Kier molecular flexibility index (Phi) is 8.10. The van der Waals surface area contributed by atoms with Crippen LogP contribution in [-0.2, 0) is 25.2 Å². The maximum Gasteiger partial charge on any atom is 0.274 e. The van der Waals surface area contributed by atoms with Crippen molar-refractivity contribution in [1.82, 2.24) is 9.80 Å². The fourth-order valence-corrected chi connectivity index (χ4v) is 8.11. The molecule has 10 nitrogen and oxygen atoms in total. The molecule has 2 unspecified atom stereocenters. The van der Waals surface area contributed by atoms with Crippen molar-refractivity contribution in [3.05, 3.63) is 76.3 Å². The van der Waals surface area contributed by atoms with Gasteiger partial charge in [-0.1, -0.05) is 23.7 Å². The zero-order chi connectivity index (χ0) is 31.3. The summed E-state index contributed by atoms with van der Waals surface area (Å²) in [6.07, 6.45) is 1.09. The van der Waals surface area contributed by atoms with Gasteiger partial charge in [-0.15, -0.1) is 0 Å². The van der Waals surface area contributed by atoms with Gasteiger partial charge in [0.15, 0.2) is 5.54 Å². The molecule has 0 radical (unpaired) electrons. The van der Waals surface area contributed by atoms with Crippen molar-refractivity contribution in [3.8, 4) is 17.2 Å². The maximum absolute atomic E-state index is 15.3. The molecule has 43 heavy (non-hydrogen) atoms. The van der Waals surface area contributed by atoms with E-state index in [-0.39, 0.29) is 22.2 Å². The second-order valence-electron chi connectivity index (χ2n) is 10.7. The molecule has 3 aromatic rings. The number of nitrogens with zero attached hydrogens (tertiary/aromatic N) is 3. The molecule has 3 aromatic carbocycles. The first-order valence-corrected chi connectivity index (χ1v) is 15.5. The number of carbonyl (C=O) groups is 2. The van der Waals surface area contributed by atoms with Crippen LogP contribution < -0.4 is 18.5 Å². The molecular weight excluding hydrogens is 594 g/mol. The van der Waals surface area contributed by atoms with Gasteiger partial charge in [0.05, 0.1) is 33.1 Å². The summed E-state index contributed by atoms with van der Waals surface area (Å²) >= 11 is 6.58. The highest BCUT2D eigenvalue weighted by Gasteiger charge is 2.63. The standard InChI is InChI=1S/C31H34ClN3O7S/c1-19-9-7-11-25(41-5)28(19)31(34-16-8-10-24(34)29(36)33(2)3)22-17-20(32)12-14-23(22)35(30(31)37)43(38,39)27-15-13-21(40-4)18-26(27)42-6/h7,9,11-15,17-18,24H,8,10,16H2,1-6H3. The number of rotatable bonds is 8. The van der Waals surface area contributed by atoms with Gasteiger partial charge in [0.2, 0.25) is 5.91 Å². The number of fused-ring (bicyclic) bond motifs is 1. The van der Waals surface area contributed by atoms with Gasteiger partial charge in [0, 0.05) is 42.9 Å². The van der Waals surface area contributed by atoms with Crippen LogP contribution in [-0.4, -0.2) is 78.0 Å². The Balaban J connectivity index is 1.88. The fourth-order valence-electron chi connectivity index (χ4n) is 6.33. The van der Waals surface area contributed by atoms with Crippen LogP contribution in [0, 0.1) is 6.92 Å². The molecule has 2 atom stereocenters. The minimum atomic E-state index is -4.58. The summed E-state index contributed by atoms with van der Waals surface area (Å²) in [5.41, 5.74) is -0.171. The van der Waals surface area contributed by atoms with E-state index >= 15 is 4.79 Å². The van der Waals surface area contributed by atoms with Gasteiger partial charge < -0.3 is 19.1 Å². The van der Waals surface area contributed by atoms with Gasteiger partial charge in [-0.3, -0.25) is 14.5 Å². The highest BCUT2D eigenvalue weighted by molar-refractivity contribution is 7.93.